The molecule has 5 heteroatoms. The summed E-state index contributed by atoms with van der Waals surface area (Å²) >= 11 is 5.93. The number of ether oxygens (including phenoxy) is 1. The van der Waals surface area contributed by atoms with Crippen molar-refractivity contribution in [2.24, 2.45) is 5.73 Å². The van der Waals surface area contributed by atoms with Gasteiger partial charge in [0.2, 0.25) is 0 Å². The van der Waals surface area contributed by atoms with Crippen molar-refractivity contribution in [2.45, 2.75) is 12.5 Å². The Morgan fingerprint density at radius 1 is 1.67 bits per heavy atom. The van der Waals surface area contributed by atoms with E-state index in [1.54, 1.807) is 18.2 Å². The normalized spacial score (nSPS) is 12.2. The molecule has 0 aliphatic heterocycles. The average molecular weight is 230 g/mol. The number of methoxy groups -OCH3 is 1. The zero-order chi connectivity index (χ0) is 11.4. The van der Waals surface area contributed by atoms with E-state index in [0.717, 1.165) is 0 Å². The molecule has 0 unspecified atom stereocenters. The van der Waals surface area contributed by atoms with E-state index in [1.165, 1.54) is 7.11 Å². The zero-order valence-electron chi connectivity index (χ0n) is 8.24. The minimum Gasteiger partial charge on any atom is -0.497 e. The van der Waals surface area contributed by atoms with Crippen molar-refractivity contribution in [3.05, 3.63) is 28.8 Å². The molecule has 1 atom stereocenters. The summed E-state index contributed by atoms with van der Waals surface area (Å²) in [7, 11) is 1.54. The Bertz CT molecular complexity index is 368. The second kappa shape index (κ2) is 5.00. The van der Waals surface area contributed by atoms with Crippen LogP contribution in [0.2, 0.25) is 5.02 Å². The fraction of sp³-hybridized carbons (Fsp3) is 0.300. The summed E-state index contributed by atoms with van der Waals surface area (Å²) in [6.45, 7) is 0. The summed E-state index contributed by atoms with van der Waals surface area (Å²) in [5.41, 5.74) is 6.10. The molecule has 0 aliphatic carbocycles. The molecule has 0 aromatic heterocycles. The van der Waals surface area contributed by atoms with Crippen LogP contribution in [-0.2, 0) is 11.2 Å². The van der Waals surface area contributed by atoms with Gasteiger partial charge in [0.15, 0.2) is 0 Å². The molecule has 0 saturated heterocycles. The average Bonchev–Trinajstić information content (AvgIpc) is 2.20. The first kappa shape index (κ1) is 11.8. The number of aliphatic carboxylic acids is 1. The molecule has 0 aliphatic rings. The lowest BCUT2D eigenvalue weighted by atomic mass is 10.1. The number of hydrogen-bond donors (Lipinski definition) is 2. The molecule has 0 radical (unpaired) electrons. The van der Waals surface area contributed by atoms with Gasteiger partial charge >= 0.3 is 5.97 Å². The Morgan fingerprint density at radius 3 is 2.80 bits per heavy atom. The maximum atomic E-state index is 10.5. The van der Waals surface area contributed by atoms with E-state index in [1.807, 2.05) is 0 Å². The van der Waals surface area contributed by atoms with Gasteiger partial charge in [-0.15, -0.1) is 0 Å². The molecule has 0 spiro atoms. The highest BCUT2D eigenvalue weighted by atomic mass is 35.5. The summed E-state index contributed by atoms with van der Waals surface area (Å²) in [5, 5.41) is 9.11. The van der Waals surface area contributed by atoms with Crippen molar-refractivity contribution in [2.75, 3.05) is 7.11 Å². The summed E-state index contributed by atoms with van der Waals surface area (Å²) in [6, 6.07) is 4.13. The lowest BCUT2D eigenvalue weighted by Gasteiger charge is -2.09. The molecular weight excluding hydrogens is 218 g/mol. The molecule has 0 saturated carbocycles. The number of benzene rings is 1. The van der Waals surface area contributed by atoms with Crippen LogP contribution in [0.5, 0.6) is 5.75 Å². The lowest BCUT2D eigenvalue weighted by Crippen LogP contribution is -2.32. The van der Waals surface area contributed by atoms with Crippen LogP contribution in [0.25, 0.3) is 0 Å². The van der Waals surface area contributed by atoms with Gasteiger partial charge in [0.05, 0.1) is 7.11 Å². The maximum Gasteiger partial charge on any atom is 0.320 e. The number of rotatable bonds is 4. The molecule has 4 nitrogen and oxygen atoms in total. The van der Waals surface area contributed by atoms with E-state index in [2.05, 4.69) is 0 Å². The minimum absolute atomic E-state index is 0.207. The van der Waals surface area contributed by atoms with E-state index in [9.17, 15) is 4.79 Å². The molecule has 3 N–H and O–H groups in total. The van der Waals surface area contributed by atoms with Gasteiger partial charge in [-0.05, 0) is 24.1 Å². The van der Waals surface area contributed by atoms with Crippen LogP contribution < -0.4 is 10.5 Å². The van der Waals surface area contributed by atoms with Crippen molar-refractivity contribution in [1.82, 2.24) is 0 Å². The highest BCUT2D eigenvalue weighted by molar-refractivity contribution is 6.31. The lowest BCUT2D eigenvalue weighted by molar-refractivity contribution is -0.138. The fourth-order valence-corrected chi connectivity index (χ4v) is 1.39. The van der Waals surface area contributed by atoms with Crippen LogP contribution in [0, 0.1) is 0 Å². The number of carbonyl (C=O) groups is 1. The molecular formula is C10H12ClNO3. The van der Waals surface area contributed by atoms with Crippen LogP contribution in [0.1, 0.15) is 5.56 Å². The number of nitrogens with two attached hydrogens (primary N) is 1. The van der Waals surface area contributed by atoms with E-state index in [-0.39, 0.29) is 6.42 Å². The molecule has 15 heavy (non-hydrogen) atoms. The Kier molecular flexibility index (Phi) is 3.94. The first-order valence-corrected chi connectivity index (χ1v) is 4.73. The molecule has 82 valence electrons. The van der Waals surface area contributed by atoms with E-state index < -0.39 is 12.0 Å². The second-order valence-electron chi connectivity index (χ2n) is 3.11. The van der Waals surface area contributed by atoms with Crippen LogP contribution >= 0.6 is 11.6 Å². The summed E-state index contributed by atoms with van der Waals surface area (Å²) in [6.07, 6.45) is 0.207. The van der Waals surface area contributed by atoms with Gasteiger partial charge in [0, 0.05) is 5.02 Å². The third kappa shape index (κ3) is 3.11. The minimum atomic E-state index is -1.04. The summed E-state index contributed by atoms with van der Waals surface area (Å²) in [4.78, 5) is 10.5. The van der Waals surface area contributed by atoms with Crippen molar-refractivity contribution < 1.29 is 14.6 Å². The molecule has 0 bridgehead atoms. The number of carboxylic acid groups (broad SMARTS) is 1. The van der Waals surface area contributed by atoms with Crippen LogP contribution in [0.4, 0.5) is 0 Å². The van der Waals surface area contributed by atoms with E-state index in [4.69, 9.17) is 27.2 Å². The smallest absolute Gasteiger partial charge is 0.320 e. The Balaban J connectivity index is 2.82. The number of carboxylic acids is 1. The predicted molar refractivity (Wildman–Crippen MR) is 57.3 cm³/mol. The van der Waals surface area contributed by atoms with Crippen LogP contribution in [-0.4, -0.2) is 24.2 Å². The fourth-order valence-electron chi connectivity index (χ4n) is 1.14. The van der Waals surface area contributed by atoms with Gasteiger partial charge in [-0.3, -0.25) is 4.79 Å². The van der Waals surface area contributed by atoms with Crippen molar-refractivity contribution >= 4 is 17.6 Å². The third-order valence-electron chi connectivity index (χ3n) is 2.02. The second-order valence-corrected chi connectivity index (χ2v) is 3.51. The van der Waals surface area contributed by atoms with E-state index in [0.29, 0.717) is 16.3 Å². The van der Waals surface area contributed by atoms with Gasteiger partial charge in [0.25, 0.3) is 0 Å². The monoisotopic (exact) mass is 229 g/mol. The van der Waals surface area contributed by atoms with Crippen molar-refractivity contribution in [3.8, 4) is 5.75 Å². The quantitative estimate of drug-likeness (QED) is 0.817. The first-order valence-electron chi connectivity index (χ1n) is 4.35. The molecule has 1 aromatic rings. The van der Waals surface area contributed by atoms with Gasteiger partial charge in [0.1, 0.15) is 11.8 Å². The maximum absolute atomic E-state index is 10.5. The highest BCUT2D eigenvalue weighted by Crippen LogP contribution is 2.23. The summed E-state index contributed by atoms with van der Waals surface area (Å²) in [5.74, 6) is -0.408. The molecule has 0 amide bonds. The van der Waals surface area contributed by atoms with Gasteiger partial charge in [-0.1, -0.05) is 17.7 Å². The van der Waals surface area contributed by atoms with Gasteiger partial charge in [-0.2, -0.15) is 0 Å². The predicted octanol–water partition coefficient (Wildman–Crippen LogP) is 1.30. The molecule has 1 rings (SSSR count). The summed E-state index contributed by atoms with van der Waals surface area (Å²) < 4.78 is 4.97. The van der Waals surface area contributed by atoms with E-state index >= 15 is 0 Å². The topological polar surface area (TPSA) is 72.5 Å². The standard InChI is InChI=1S/C10H12ClNO3/c1-15-7-3-2-6(8(11)5-7)4-9(12)10(13)14/h2-3,5,9H,4,12H2,1H3,(H,13,14)/t9-/m1/s1. The van der Waals surface area contributed by atoms with Crippen molar-refractivity contribution in [3.63, 3.8) is 0 Å². The molecule has 0 fully saturated rings. The highest BCUT2D eigenvalue weighted by Gasteiger charge is 2.14. The Hall–Kier alpha value is -1.26. The largest absolute Gasteiger partial charge is 0.497 e. The SMILES string of the molecule is COc1ccc(C[C@@H](N)C(=O)O)c(Cl)c1. The van der Waals surface area contributed by atoms with Gasteiger partial charge in [-0.25, -0.2) is 0 Å². The number of hydrogen-bond acceptors (Lipinski definition) is 3. The Morgan fingerprint density at radius 2 is 2.33 bits per heavy atom. The van der Waals surface area contributed by atoms with Crippen LogP contribution in [0.15, 0.2) is 18.2 Å². The first-order chi connectivity index (χ1) is 7.04. The molecule has 1 aromatic carbocycles. The van der Waals surface area contributed by atoms with Gasteiger partial charge < -0.3 is 15.6 Å². The van der Waals surface area contributed by atoms with Crippen molar-refractivity contribution in [1.29, 1.82) is 0 Å². The molecule has 0 heterocycles. The number of halogens is 1. The van der Waals surface area contributed by atoms with Crippen LogP contribution in [0.3, 0.4) is 0 Å². The zero-order valence-corrected chi connectivity index (χ0v) is 8.99. The third-order valence-corrected chi connectivity index (χ3v) is 2.37. The Labute approximate surface area is 92.6 Å².